The molecule has 0 radical (unpaired) electrons. The van der Waals surface area contributed by atoms with Crippen molar-refractivity contribution >= 4 is 6.21 Å². The summed E-state index contributed by atoms with van der Waals surface area (Å²) in [5, 5.41) is 40.1. The number of aliphatic hydroxyl groups excluding tert-OH is 3. The third-order valence-electron chi connectivity index (χ3n) is 6.76. The minimum absolute atomic E-state index is 0.0247. The number of ether oxygens (including phenoxy) is 2. The van der Waals surface area contributed by atoms with E-state index in [9.17, 15) is 20.4 Å². The summed E-state index contributed by atoms with van der Waals surface area (Å²) in [5.74, 6) is 1.46. The van der Waals surface area contributed by atoms with Crippen LogP contribution in [0.4, 0.5) is 0 Å². The Morgan fingerprint density at radius 2 is 1.97 bits per heavy atom. The van der Waals surface area contributed by atoms with Crippen molar-refractivity contribution in [3.8, 4) is 11.5 Å². The molecule has 1 aromatic carbocycles. The van der Waals surface area contributed by atoms with E-state index < -0.39 is 18.3 Å². The van der Waals surface area contributed by atoms with Crippen LogP contribution in [0.25, 0.3) is 0 Å². The number of hydrogen-bond donors (Lipinski definition) is 4. The number of aliphatic hydroxyl groups is 3. The van der Waals surface area contributed by atoms with Gasteiger partial charge in [0.2, 0.25) is 0 Å². The van der Waals surface area contributed by atoms with Crippen LogP contribution in [0.5, 0.6) is 11.5 Å². The molecule has 2 aliphatic heterocycles. The van der Waals surface area contributed by atoms with Crippen LogP contribution in [0.3, 0.4) is 0 Å². The zero-order valence-electron chi connectivity index (χ0n) is 21.6. The van der Waals surface area contributed by atoms with Gasteiger partial charge in [-0.1, -0.05) is 38.0 Å². The van der Waals surface area contributed by atoms with E-state index in [2.05, 4.69) is 24.4 Å². The molecule has 7 heteroatoms. The highest BCUT2D eigenvalue weighted by molar-refractivity contribution is 5.83. The Balaban J connectivity index is 1.46. The van der Waals surface area contributed by atoms with Gasteiger partial charge in [0.05, 0.1) is 18.3 Å². The minimum Gasteiger partial charge on any atom is -0.592 e. The van der Waals surface area contributed by atoms with Crippen molar-refractivity contribution in [3.63, 3.8) is 0 Å². The number of aliphatic imine (C=N–C) groups is 1. The number of aromatic hydroxyl groups is 1. The Morgan fingerprint density at radius 1 is 1.17 bits per heavy atom. The quantitative estimate of drug-likeness (QED) is 0.266. The van der Waals surface area contributed by atoms with E-state index in [-0.39, 0.29) is 24.4 Å². The molecular formula is C29H41NO6. The average Bonchev–Trinajstić information content (AvgIpc) is 3.54. The number of benzene rings is 1. The molecule has 0 aliphatic carbocycles. The van der Waals surface area contributed by atoms with Gasteiger partial charge in [-0.2, -0.15) is 12.5 Å². The van der Waals surface area contributed by atoms with Crippen molar-refractivity contribution in [1.82, 2.24) is 0 Å². The maximum atomic E-state index is 10.6. The van der Waals surface area contributed by atoms with Crippen molar-refractivity contribution in [1.29, 1.82) is 0 Å². The first-order chi connectivity index (χ1) is 17.3. The smallest absolute Gasteiger partial charge is 0.181 e. The van der Waals surface area contributed by atoms with E-state index in [4.69, 9.17) is 9.47 Å². The largest absolute Gasteiger partial charge is 0.592 e. The van der Waals surface area contributed by atoms with Crippen molar-refractivity contribution in [3.05, 3.63) is 59.7 Å². The lowest BCUT2D eigenvalue weighted by atomic mass is 9.93. The van der Waals surface area contributed by atoms with Crippen LogP contribution in [0.1, 0.15) is 64.9 Å². The van der Waals surface area contributed by atoms with Gasteiger partial charge < -0.3 is 29.9 Å². The highest BCUT2D eigenvalue weighted by Crippen LogP contribution is 2.31. The van der Waals surface area contributed by atoms with Gasteiger partial charge in [-0.15, -0.1) is 4.99 Å². The van der Waals surface area contributed by atoms with Crippen LogP contribution in [0, 0.1) is 18.4 Å². The van der Waals surface area contributed by atoms with Crippen LogP contribution in [-0.2, 0) is 11.2 Å². The van der Waals surface area contributed by atoms with E-state index in [1.807, 2.05) is 19.1 Å². The molecule has 7 nitrogen and oxygen atoms in total. The second kappa shape index (κ2) is 13.6. The zero-order valence-corrected chi connectivity index (χ0v) is 21.6. The van der Waals surface area contributed by atoms with Crippen LogP contribution in [-0.4, -0.2) is 57.7 Å². The number of allylic oxidation sites excluding steroid dienone is 2. The molecule has 0 saturated carbocycles. The number of phenolic OH excluding ortho intramolecular Hbond substituents is 1. The number of nitrogens with zero attached hydrogens (tertiary/aromatic N) is 1. The second-order valence-corrected chi connectivity index (χ2v) is 9.87. The normalized spacial score (nSPS) is 20.3. The first-order valence-corrected chi connectivity index (χ1v) is 13.1. The predicted octanol–water partition coefficient (Wildman–Crippen LogP) is 4.44. The van der Waals surface area contributed by atoms with Gasteiger partial charge >= 0.3 is 0 Å². The highest BCUT2D eigenvalue weighted by Gasteiger charge is 2.32. The third kappa shape index (κ3) is 8.22. The number of phenols is 1. The summed E-state index contributed by atoms with van der Waals surface area (Å²) >= 11 is 0. The number of unbranched alkanes of at least 4 members (excludes halogenated alkanes) is 1. The molecule has 0 amide bonds. The first-order valence-electron chi connectivity index (χ1n) is 13.1. The van der Waals surface area contributed by atoms with E-state index in [1.165, 1.54) is 0 Å². The molecule has 0 fully saturated rings. The number of rotatable bonds is 15. The van der Waals surface area contributed by atoms with E-state index in [1.54, 1.807) is 25.3 Å². The predicted molar refractivity (Wildman–Crippen MR) is 141 cm³/mol. The summed E-state index contributed by atoms with van der Waals surface area (Å²) < 4.78 is 11.7. The standard InChI is InChI=1S/C29H41NO6/c1-4-5-6-23-11-12-24(36-23)10-8-21-9-14-27(33)29(15-21)35-18-28(34)25-16-22(17-30-25)19(2)7-13-26(32)20(3)31/h9,11-12,14-17,19-20,23,26,28,31-34H,4-8,10,13,18H2,1-3H3. The maximum absolute atomic E-state index is 10.6. The summed E-state index contributed by atoms with van der Waals surface area (Å²) in [4.78, 5) is 4.32. The molecule has 198 valence electrons. The molecular weight excluding hydrogens is 458 g/mol. The summed E-state index contributed by atoms with van der Waals surface area (Å²) in [7, 11) is 0. The van der Waals surface area contributed by atoms with Crippen molar-refractivity contribution in [2.45, 2.75) is 90.1 Å². The van der Waals surface area contributed by atoms with E-state index in [0.717, 1.165) is 49.0 Å². The Labute approximate surface area is 215 Å². The Bertz CT molecular complexity index is 924. The first kappa shape index (κ1) is 28.0. The van der Waals surface area contributed by atoms with E-state index in [0.29, 0.717) is 24.6 Å². The molecule has 2 aliphatic rings. The average molecular weight is 500 g/mol. The van der Waals surface area contributed by atoms with E-state index >= 15 is 0 Å². The highest BCUT2D eigenvalue weighted by atomic mass is 16.5. The summed E-state index contributed by atoms with van der Waals surface area (Å²) in [6.07, 6.45) is 11.6. The van der Waals surface area contributed by atoms with Gasteiger partial charge in [-0.05, 0) is 57.2 Å². The monoisotopic (exact) mass is 499 g/mol. The van der Waals surface area contributed by atoms with Crippen molar-refractivity contribution in [2.75, 3.05) is 6.61 Å². The molecule has 4 N–H and O–H groups in total. The molecule has 5 unspecified atom stereocenters. The lowest BCUT2D eigenvalue weighted by Crippen LogP contribution is -2.23. The molecule has 2 heterocycles. The van der Waals surface area contributed by atoms with Gasteiger partial charge in [0.15, 0.2) is 29.9 Å². The van der Waals surface area contributed by atoms with Crippen LogP contribution < -0.4 is 4.74 Å². The topological polar surface area (TPSA) is 112 Å². The second-order valence-electron chi connectivity index (χ2n) is 9.87. The summed E-state index contributed by atoms with van der Waals surface area (Å²) in [5.41, 5.74) is 1.98. The number of hydrogen-bond acceptors (Lipinski definition) is 7. The fraction of sp³-hybridized carbons (Fsp3) is 0.552. The van der Waals surface area contributed by atoms with Crippen LogP contribution in [0.2, 0.25) is 0 Å². The molecule has 36 heavy (non-hydrogen) atoms. The minimum atomic E-state index is -0.940. The van der Waals surface area contributed by atoms with Crippen LogP contribution in [0.15, 0.2) is 46.7 Å². The van der Waals surface area contributed by atoms with Gasteiger partial charge in [0.25, 0.3) is 0 Å². The Hall–Kier alpha value is -2.61. The SMILES string of the molecule is CCCCC1[CH-]C=C(CCc2ccc(O)c(OCC(O)[C+]3C=C(C(C)CCC(O)C(C)O)C=N3)c2)O1. The van der Waals surface area contributed by atoms with Gasteiger partial charge in [-0.25, -0.2) is 0 Å². The zero-order chi connectivity index (χ0) is 26.1. The summed E-state index contributed by atoms with van der Waals surface area (Å²) in [6, 6.07) is 5.78. The molecule has 0 spiro atoms. The molecule has 0 aromatic heterocycles. The maximum Gasteiger partial charge on any atom is 0.181 e. The molecule has 0 bridgehead atoms. The Morgan fingerprint density at radius 3 is 2.72 bits per heavy atom. The molecule has 1 aromatic rings. The van der Waals surface area contributed by atoms with Gasteiger partial charge in [0, 0.05) is 12.0 Å². The van der Waals surface area contributed by atoms with Crippen LogP contribution >= 0.6 is 0 Å². The fourth-order valence-electron chi connectivity index (χ4n) is 4.22. The summed E-state index contributed by atoms with van der Waals surface area (Å²) in [6.45, 7) is 5.74. The number of aryl methyl sites for hydroxylation is 1. The van der Waals surface area contributed by atoms with Crippen molar-refractivity contribution < 1.29 is 29.9 Å². The molecule has 5 atom stereocenters. The lowest BCUT2D eigenvalue weighted by molar-refractivity contribution is 0.0235. The fourth-order valence-corrected chi connectivity index (χ4v) is 4.22. The van der Waals surface area contributed by atoms with Crippen molar-refractivity contribution in [2.24, 2.45) is 10.9 Å². The lowest BCUT2D eigenvalue weighted by Gasteiger charge is -2.20. The molecule has 0 saturated heterocycles. The van der Waals surface area contributed by atoms with Gasteiger partial charge in [-0.3, -0.25) is 0 Å². The van der Waals surface area contributed by atoms with Gasteiger partial charge in [0.1, 0.15) is 12.2 Å². The molecule has 3 rings (SSSR count). The third-order valence-corrected chi connectivity index (χ3v) is 6.76. The Kier molecular flexibility index (Phi) is 10.6.